The van der Waals surface area contributed by atoms with Crippen LogP contribution in [0.3, 0.4) is 0 Å². The van der Waals surface area contributed by atoms with Gasteiger partial charge in [0, 0.05) is 11.7 Å². The first-order valence-electron chi connectivity index (χ1n) is 8.74. The van der Waals surface area contributed by atoms with Gasteiger partial charge in [0.05, 0.1) is 0 Å². The minimum atomic E-state index is -0.841. The Kier molecular flexibility index (Phi) is 4.42. The van der Waals surface area contributed by atoms with E-state index in [-0.39, 0.29) is 17.9 Å². The quantitative estimate of drug-likeness (QED) is 0.816. The number of carbonyl (C=O) groups excluding carboxylic acids is 2. The fourth-order valence-electron chi connectivity index (χ4n) is 3.43. The monoisotopic (exact) mass is 314 g/mol. The van der Waals surface area contributed by atoms with Crippen LogP contribution in [0.15, 0.2) is 24.3 Å². The lowest BCUT2D eigenvalue weighted by Gasteiger charge is -2.20. The van der Waals surface area contributed by atoms with E-state index in [0.29, 0.717) is 18.8 Å². The molecular formula is C19H26N2O2. The molecule has 0 spiro atoms. The van der Waals surface area contributed by atoms with Crippen molar-refractivity contribution in [3.63, 3.8) is 0 Å². The third kappa shape index (κ3) is 3.26. The number of benzene rings is 1. The van der Waals surface area contributed by atoms with Crippen LogP contribution < -0.4 is 10.6 Å². The number of hydrogen-bond donors (Lipinski definition) is 2. The van der Waals surface area contributed by atoms with E-state index in [9.17, 15) is 9.59 Å². The van der Waals surface area contributed by atoms with Crippen molar-refractivity contribution in [2.24, 2.45) is 5.41 Å². The molecule has 0 unspecified atom stereocenters. The molecule has 0 bridgehead atoms. The Balaban J connectivity index is 1.69. The first-order chi connectivity index (χ1) is 11.0. The van der Waals surface area contributed by atoms with Crippen molar-refractivity contribution >= 4 is 17.5 Å². The van der Waals surface area contributed by atoms with Crippen LogP contribution in [0.1, 0.15) is 63.9 Å². The summed E-state index contributed by atoms with van der Waals surface area (Å²) in [6.45, 7) is 4.20. The molecule has 2 amide bonds. The lowest BCUT2D eigenvalue weighted by atomic mass is 9.99. The molecule has 2 N–H and O–H groups in total. The summed E-state index contributed by atoms with van der Waals surface area (Å²) < 4.78 is 0. The lowest BCUT2D eigenvalue weighted by molar-refractivity contribution is -0.134. The maximum absolute atomic E-state index is 12.7. The molecular weight excluding hydrogens is 288 g/mol. The molecule has 1 aromatic carbocycles. The zero-order valence-corrected chi connectivity index (χ0v) is 14.0. The Bertz CT molecular complexity index is 599. The Labute approximate surface area is 138 Å². The third-order valence-corrected chi connectivity index (χ3v) is 5.14. The van der Waals surface area contributed by atoms with Gasteiger partial charge in [0.2, 0.25) is 11.8 Å². The smallest absolute Gasteiger partial charge is 0.240 e. The first kappa shape index (κ1) is 16.0. The van der Waals surface area contributed by atoms with Crippen molar-refractivity contribution in [1.29, 1.82) is 0 Å². The standard InChI is InChI=1S/C19H26N2O2/c1-13(2)15-9-5-6-10-16(15)21-18(23)19(11-12-19)17(22)20-14-7-3-4-8-14/h5-6,9-10,13-14H,3-4,7-8,11-12H2,1-2H3,(H,20,22)(H,21,23). The Morgan fingerprint density at radius 3 is 2.35 bits per heavy atom. The van der Waals surface area contributed by atoms with Gasteiger partial charge in [-0.05, 0) is 43.2 Å². The van der Waals surface area contributed by atoms with Crippen LogP contribution in [-0.2, 0) is 9.59 Å². The summed E-state index contributed by atoms with van der Waals surface area (Å²) in [5, 5.41) is 6.09. The fraction of sp³-hybridized carbons (Fsp3) is 0.579. The summed E-state index contributed by atoms with van der Waals surface area (Å²) in [6, 6.07) is 8.09. The van der Waals surface area contributed by atoms with Crippen LogP contribution in [0.25, 0.3) is 0 Å². The summed E-state index contributed by atoms with van der Waals surface area (Å²) in [5.41, 5.74) is 1.09. The van der Waals surface area contributed by atoms with Gasteiger partial charge < -0.3 is 10.6 Å². The van der Waals surface area contributed by atoms with E-state index in [2.05, 4.69) is 24.5 Å². The van der Waals surface area contributed by atoms with E-state index in [1.165, 1.54) is 12.8 Å². The molecule has 0 atom stereocenters. The largest absolute Gasteiger partial charge is 0.352 e. The number of carbonyl (C=O) groups is 2. The van der Waals surface area contributed by atoms with Gasteiger partial charge in [-0.2, -0.15) is 0 Å². The number of nitrogens with one attached hydrogen (secondary N) is 2. The molecule has 3 rings (SSSR count). The predicted octanol–water partition coefficient (Wildman–Crippen LogP) is 3.59. The molecule has 23 heavy (non-hydrogen) atoms. The van der Waals surface area contributed by atoms with Crippen LogP contribution in [0.5, 0.6) is 0 Å². The van der Waals surface area contributed by atoms with Crippen molar-refractivity contribution in [2.75, 3.05) is 5.32 Å². The summed E-state index contributed by atoms with van der Waals surface area (Å²) in [7, 11) is 0. The molecule has 2 fully saturated rings. The van der Waals surface area contributed by atoms with Crippen LogP contribution in [0, 0.1) is 5.41 Å². The number of hydrogen-bond acceptors (Lipinski definition) is 2. The van der Waals surface area contributed by atoms with Gasteiger partial charge in [0.15, 0.2) is 0 Å². The number of anilines is 1. The number of rotatable bonds is 5. The molecule has 0 radical (unpaired) electrons. The zero-order chi connectivity index (χ0) is 16.4. The highest BCUT2D eigenvalue weighted by molar-refractivity contribution is 6.13. The van der Waals surface area contributed by atoms with Crippen molar-refractivity contribution in [3.05, 3.63) is 29.8 Å². The fourth-order valence-corrected chi connectivity index (χ4v) is 3.43. The third-order valence-electron chi connectivity index (χ3n) is 5.14. The zero-order valence-electron chi connectivity index (χ0n) is 14.0. The minimum absolute atomic E-state index is 0.0797. The van der Waals surface area contributed by atoms with Crippen LogP contribution >= 0.6 is 0 Å². The van der Waals surface area contributed by atoms with Gasteiger partial charge in [0.25, 0.3) is 0 Å². The average molecular weight is 314 g/mol. The molecule has 2 aliphatic rings. The second-order valence-electron chi connectivity index (χ2n) is 7.23. The normalized spacial score (nSPS) is 19.6. The van der Waals surface area contributed by atoms with Gasteiger partial charge in [-0.25, -0.2) is 0 Å². The summed E-state index contributed by atoms with van der Waals surface area (Å²) in [6.07, 6.45) is 5.74. The van der Waals surface area contributed by atoms with E-state index in [4.69, 9.17) is 0 Å². The molecule has 2 saturated carbocycles. The Hall–Kier alpha value is -1.84. The highest BCUT2D eigenvalue weighted by atomic mass is 16.2. The molecule has 2 aliphatic carbocycles. The summed E-state index contributed by atoms with van der Waals surface area (Å²) in [5.74, 6) is 0.0963. The van der Waals surface area contributed by atoms with Crippen LogP contribution in [-0.4, -0.2) is 17.9 Å². The van der Waals surface area contributed by atoms with Crippen LogP contribution in [0.4, 0.5) is 5.69 Å². The first-order valence-corrected chi connectivity index (χ1v) is 8.74. The topological polar surface area (TPSA) is 58.2 Å². The maximum atomic E-state index is 12.7. The Morgan fingerprint density at radius 1 is 1.09 bits per heavy atom. The van der Waals surface area contributed by atoms with E-state index in [1.54, 1.807) is 0 Å². The second-order valence-corrected chi connectivity index (χ2v) is 7.23. The number of para-hydroxylation sites is 1. The SMILES string of the molecule is CC(C)c1ccccc1NC(=O)C1(C(=O)NC2CCCC2)CC1. The molecule has 1 aromatic rings. The molecule has 0 aliphatic heterocycles. The average Bonchev–Trinajstić information content (AvgIpc) is 3.20. The Morgan fingerprint density at radius 2 is 1.74 bits per heavy atom. The van der Waals surface area contributed by atoms with E-state index >= 15 is 0 Å². The predicted molar refractivity (Wildman–Crippen MR) is 91.2 cm³/mol. The second kappa shape index (κ2) is 6.34. The lowest BCUT2D eigenvalue weighted by Crippen LogP contribution is -2.43. The molecule has 4 heteroatoms. The number of amides is 2. The van der Waals surface area contributed by atoms with Crippen molar-refractivity contribution in [2.45, 2.75) is 64.3 Å². The van der Waals surface area contributed by atoms with Crippen molar-refractivity contribution in [1.82, 2.24) is 5.32 Å². The summed E-state index contributed by atoms with van der Waals surface area (Å²) in [4.78, 5) is 25.3. The minimum Gasteiger partial charge on any atom is -0.352 e. The van der Waals surface area contributed by atoms with Gasteiger partial charge in [-0.15, -0.1) is 0 Å². The van der Waals surface area contributed by atoms with Gasteiger partial charge in [0.1, 0.15) is 5.41 Å². The molecule has 0 saturated heterocycles. The van der Waals surface area contributed by atoms with Crippen molar-refractivity contribution < 1.29 is 9.59 Å². The van der Waals surface area contributed by atoms with E-state index in [1.807, 2.05) is 24.3 Å². The highest BCUT2D eigenvalue weighted by Crippen LogP contribution is 2.47. The highest BCUT2D eigenvalue weighted by Gasteiger charge is 2.56. The molecule has 0 aromatic heterocycles. The molecule has 124 valence electrons. The van der Waals surface area contributed by atoms with E-state index < -0.39 is 5.41 Å². The summed E-state index contributed by atoms with van der Waals surface area (Å²) >= 11 is 0. The molecule has 4 nitrogen and oxygen atoms in total. The van der Waals surface area contributed by atoms with Crippen molar-refractivity contribution in [3.8, 4) is 0 Å². The van der Waals surface area contributed by atoms with Gasteiger partial charge >= 0.3 is 0 Å². The van der Waals surface area contributed by atoms with Crippen LogP contribution in [0.2, 0.25) is 0 Å². The maximum Gasteiger partial charge on any atom is 0.240 e. The van der Waals surface area contributed by atoms with Gasteiger partial charge in [-0.1, -0.05) is 44.9 Å². The van der Waals surface area contributed by atoms with Gasteiger partial charge in [-0.3, -0.25) is 9.59 Å². The van der Waals surface area contributed by atoms with E-state index in [0.717, 1.165) is 24.1 Å². The molecule has 0 heterocycles.